The zero-order valence-corrected chi connectivity index (χ0v) is 15.4. The van der Waals surface area contributed by atoms with E-state index >= 15 is 0 Å². The summed E-state index contributed by atoms with van der Waals surface area (Å²) >= 11 is 0. The van der Waals surface area contributed by atoms with Crippen LogP contribution < -0.4 is 0 Å². The van der Waals surface area contributed by atoms with Crippen LogP contribution >= 0.6 is 0 Å². The molecule has 0 spiro atoms. The van der Waals surface area contributed by atoms with E-state index < -0.39 is 0 Å². The van der Waals surface area contributed by atoms with Crippen molar-refractivity contribution in [2.24, 2.45) is 5.41 Å². The lowest BCUT2D eigenvalue weighted by atomic mass is 9.71. The first-order valence-corrected chi connectivity index (χ1v) is 9.05. The highest BCUT2D eigenvalue weighted by Gasteiger charge is 2.27. The SMILES string of the molecule is CCCCC(CCCC)(CCCC)CCCO[SiH3]. The van der Waals surface area contributed by atoms with E-state index in [1.54, 1.807) is 0 Å². The van der Waals surface area contributed by atoms with Gasteiger partial charge in [0.05, 0.1) is 0 Å². The van der Waals surface area contributed by atoms with E-state index in [4.69, 9.17) is 4.43 Å². The van der Waals surface area contributed by atoms with Gasteiger partial charge in [0.15, 0.2) is 0 Å². The monoisotopic (exact) mass is 272 g/mol. The van der Waals surface area contributed by atoms with E-state index in [0.717, 1.165) is 17.1 Å². The lowest BCUT2D eigenvalue weighted by Gasteiger charge is -2.34. The second-order valence-electron chi connectivity index (χ2n) is 5.91. The molecule has 0 fully saturated rings. The molecule has 0 aliphatic heterocycles. The van der Waals surface area contributed by atoms with Gasteiger partial charge in [0.25, 0.3) is 0 Å². The largest absolute Gasteiger partial charge is 0.428 e. The van der Waals surface area contributed by atoms with Gasteiger partial charge in [-0.2, -0.15) is 0 Å². The van der Waals surface area contributed by atoms with Crippen molar-refractivity contribution in [2.45, 2.75) is 91.4 Å². The van der Waals surface area contributed by atoms with Crippen LogP contribution in [-0.2, 0) is 4.43 Å². The maximum atomic E-state index is 5.39. The molecule has 0 saturated carbocycles. The van der Waals surface area contributed by atoms with Gasteiger partial charge in [-0.25, -0.2) is 0 Å². The van der Waals surface area contributed by atoms with Crippen molar-refractivity contribution < 1.29 is 4.43 Å². The van der Waals surface area contributed by atoms with Crippen LogP contribution in [0, 0.1) is 5.41 Å². The average Bonchev–Trinajstić information content (AvgIpc) is 2.40. The van der Waals surface area contributed by atoms with Crippen molar-refractivity contribution in [3.05, 3.63) is 0 Å². The molecule has 0 aromatic carbocycles. The summed E-state index contributed by atoms with van der Waals surface area (Å²) in [5, 5.41) is 0. The summed E-state index contributed by atoms with van der Waals surface area (Å²) in [4.78, 5) is 0. The summed E-state index contributed by atoms with van der Waals surface area (Å²) in [6, 6.07) is 0. The van der Waals surface area contributed by atoms with Gasteiger partial charge < -0.3 is 4.43 Å². The van der Waals surface area contributed by atoms with E-state index in [2.05, 4.69) is 20.8 Å². The Balaban J connectivity index is 4.41. The molecular weight excluding hydrogens is 236 g/mol. The maximum Gasteiger partial charge on any atom is 0.145 e. The third kappa shape index (κ3) is 8.31. The van der Waals surface area contributed by atoms with Crippen molar-refractivity contribution in [1.29, 1.82) is 0 Å². The Bertz CT molecular complexity index is 149. The van der Waals surface area contributed by atoms with Gasteiger partial charge in [-0.3, -0.25) is 0 Å². The standard InChI is InChI=1S/C16H36OSi/c1-4-7-11-16(12-8-5-2,13-9-6-3)14-10-15-17-18/h4-15H2,1-3,18H3. The number of hydrogen-bond donors (Lipinski definition) is 0. The number of unbranched alkanes of at least 4 members (excludes halogenated alkanes) is 3. The lowest BCUT2D eigenvalue weighted by molar-refractivity contribution is 0.165. The minimum atomic E-state index is 0.641. The summed E-state index contributed by atoms with van der Waals surface area (Å²) in [7, 11) is 0.899. The highest BCUT2D eigenvalue weighted by molar-refractivity contribution is 5.97. The second kappa shape index (κ2) is 12.2. The van der Waals surface area contributed by atoms with Gasteiger partial charge in [0.2, 0.25) is 0 Å². The van der Waals surface area contributed by atoms with Crippen molar-refractivity contribution in [3.63, 3.8) is 0 Å². The summed E-state index contributed by atoms with van der Waals surface area (Å²) in [5.41, 5.74) is 0.641. The molecule has 2 heteroatoms. The maximum absolute atomic E-state index is 5.39. The van der Waals surface area contributed by atoms with Gasteiger partial charge in [-0.05, 0) is 37.5 Å². The molecule has 0 N–H and O–H groups in total. The number of rotatable bonds is 13. The molecule has 110 valence electrons. The van der Waals surface area contributed by atoms with Gasteiger partial charge in [-0.15, -0.1) is 0 Å². The molecule has 0 unspecified atom stereocenters. The Morgan fingerprint density at radius 2 is 1.11 bits per heavy atom. The summed E-state index contributed by atoms with van der Waals surface area (Å²) in [6.07, 6.45) is 15.3. The molecule has 0 saturated heterocycles. The van der Waals surface area contributed by atoms with Crippen LogP contribution in [0.4, 0.5) is 0 Å². The zero-order valence-electron chi connectivity index (χ0n) is 13.4. The topological polar surface area (TPSA) is 9.23 Å². The van der Waals surface area contributed by atoms with Crippen molar-refractivity contribution >= 4 is 10.5 Å². The van der Waals surface area contributed by atoms with Gasteiger partial charge in [0, 0.05) is 6.61 Å². The molecule has 0 aliphatic rings. The Hall–Kier alpha value is 0.177. The highest BCUT2D eigenvalue weighted by atomic mass is 28.2. The predicted octanol–water partition coefficient (Wildman–Crippen LogP) is 4.62. The minimum absolute atomic E-state index is 0.641. The van der Waals surface area contributed by atoms with Crippen LogP contribution in [0.5, 0.6) is 0 Å². The summed E-state index contributed by atoms with van der Waals surface area (Å²) < 4.78 is 5.39. The molecule has 0 radical (unpaired) electrons. The molecule has 0 bridgehead atoms. The third-order valence-electron chi connectivity index (χ3n) is 4.24. The molecule has 0 atom stereocenters. The second-order valence-corrected chi connectivity index (χ2v) is 6.48. The first kappa shape index (κ1) is 18.2. The van der Waals surface area contributed by atoms with E-state index in [1.165, 1.54) is 70.6 Å². The van der Waals surface area contributed by atoms with E-state index in [1.807, 2.05) is 0 Å². The van der Waals surface area contributed by atoms with Crippen LogP contribution in [0.3, 0.4) is 0 Å². The Morgan fingerprint density at radius 3 is 1.44 bits per heavy atom. The minimum Gasteiger partial charge on any atom is -0.428 e. The van der Waals surface area contributed by atoms with Crippen LogP contribution in [0.25, 0.3) is 0 Å². The fourth-order valence-electron chi connectivity index (χ4n) is 3.00. The van der Waals surface area contributed by atoms with E-state index in [0.29, 0.717) is 5.41 Å². The van der Waals surface area contributed by atoms with E-state index in [9.17, 15) is 0 Å². The smallest absolute Gasteiger partial charge is 0.145 e. The van der Waals surface area contributed by atoms with Gasteiger partial charge in [-0.1, -0.05) is 59.3 Å². The van der Waals surface area contributed by atoms with E-state index in [-0.39, 0.29) is 0 Å². The predicted molar refractivity (Wildman–Crippen MR) is 86.1 cm³/mol. The van der Waals surface area contributed by atoms with Crippen molar-refractivity contribution in [1.82, 2.24) is 0 Å². The fraction of sp³-hybridized carbons (Fsp3) is 1.00. The highest BCUT2D eigenvalue weighted by Crippen LogP contribution is 2.40. The molecule has 0 heterocycles. The van der Waals surface area contributed by atoms with Crippen LogP contribution in [0.1, 0.15) is 91.4 Å². The third-order valence-corrected chi connectivity index (χ3v) is 4.65. The molecular formula is C16H36OSi. The Kier molecular flexibility index (Phi) is 12.3. The molecule has 0 aromatic rings. The average molecular weight is 273 g/mol. The Morgan fingerprint density at radius 1 is 0.722 bits per heavy atom. The quantitative estimate of drug-likeness (QED) is 0.351. The Labute approximate surface area is 119 Å². The van der Waals surface area contributed by atoms with Crippen LogP contribution in [0.15, 0.2) is 0 Å². The van der Waals surface area contributed by atoms with Crippen LogP contribution in [0.2, 0.25) is 0 Å². The molecule has 0 aliphatic carbocycles. The molecule has 0 rings (SSSR count). The molecule has 1 nitrogen and oxygen atoms in total. The van der Waals surface area contributed by atoms with Gasteiger partial charge >= 0.3 is 0 Å². The zero-order chi connectivity index (χ0) is 13.7. The van der Waals surface area contributed by atoms with Crippen LogP contribution in [-0.4, -0.2) is 17.1 Å². The first-order chi connectivity index (χ1) is 8.74. The summed E-state index contributed by atoms with van der Waals surface area (Å²) in [6.45, 7) is 7.97. The molecule has 0 aromatic heterocycles. The van der Waals surface area contributed by atoms with Gasteiger partial charge in [0.1, 0.15) is 10.5 Å². The number of hydrogen-bond acceptors (Lipinski definition) is 1. The van der Waals surface area contributed by atoms with Crippen molar-refractivity contribution in [3.8, 4) is 0 Å². The fourth-order valence-corrected chi connectivity index (χ4v) is 3.29. The molecule has 18 heavy (non-hydrogen) atoms. The van der Waals surface area contributed by atoms with Crippen molar-refractivity contribution in [2.75, 3.05) is 6.61 Å². The lowest BCUT2D eigenvalue weighted by Crippen LogP contribution is -2.22. The normalized spacial score (nSPS) is 12.2. The molecule has 0 amide bonds. The summed E-state index contributed by atoms with van der Waals surface area (Å²) in [5.74, 6) is 0. The first-order valence-electron chi connectivity index (χ1n) is 8.23.